The molecule has 0 spiro atoms. The molecule has 0 radical (unpaired) electrons. The smallest absolute Gasteiger partial charge is 0.336 e. The summed E-state index contributed by atoms with van der Waals surface area (Å²) in [7, 11) is 1.41. The number of benzene rings is 2. The number of aryl methyl sites for hydroxylation is 1. The molecule has 3 rings (SSSR count). The number of esters is 1. The molecule has 0 aliphatic carbocycles. The molecule has 0 bridgehead atoms. The van der Waals surface area contributed by atoms with E-state index >= 15 is 0 Å². The first-order chi connectivity index (χ1) is 13.0. The lowest BCUT2D eigenvalue weighted by Gasteiger charge is -2.26. The van der Waals surface area contributed by atoms with Crippen molar-refractivity contribution in [2.75, 3.05) is 7.11 Å². The Bertz CT molecular complexity index is 911. The van der Waals surface area contributed by atoms with E-state index in [0.29, 0.717) is 12.2 Å². The number of para-hydroxylation sites is 1. The van der Waals surface area contributed by atoms with Crippen molar-refractivity contribution in [2.24, 2.45) is 0 Å². The van der Waals surface area contributed by atoms with Gasteiger partial charge in [0, 0.05) is 22.9 Å². The molecule has 4 nitrogen and oxygen atoms in total. The lowest BCUT2D eigenvalue weighted by atomic mass is 9.86. The Balaban J connectivity index is 1.94. The summed E-state index contributed by atoms with van der Waals surface area (Å²) in [5, 5.41) is 3.23. The number of carbonyl (C=O) groups excluding carboxylic acids is 1. The van der Waals surface area contributed by atoms with E-state index in [1.807, 2.05) is 56.3 Å². The van der Waals surface area contributed by atoms with Crippen molar-refractivity contribution in [1.82, 2.24) is 5.32 Å². The van der Waals surface area contributed by atoms with Crippen LogP contribution < -0.4 is 10.1 Å². The Morgan fingerprint density at radius 3 is 2.59 bits per heavy atom. The van der Waals surface area contributed by atoms with Crippen LogP contribution in [-0.2, 0) is 16.1 Å². The van der Waals surface area contributed by atoms with Gasteiger partial charge in [0.05, 0.1) is 12.7 Å². The van der Waals surface area contributed by atoms with Gasteiger partial charge in [-0.25, -0.2) is 4.79 Å². The number of dihydropyridines is 1. The molecule has 1 unspecified atom stereocenters. The molecular weight excluding hydrogens is 338 g/mol. The van der Waals surface area contributed by atoms with Gasteiger partial charge in [-0.1, -0.05) is 54.1 Å². The second-order valence-electron chi connectivity index (χ2n) is 6.80. The van der Waals surface area contributed by atoms with Crippen LogP contribution in [0, 0.1) is 6.92 Å². The van der Waals surface area contributed by atoms with Gasteiger partial charge in [-0.2, -0.15) is 0 Å². The topological polar surface area (TPSA) is 47.6 Å². The van der Waals surface area contributed by atoms with Crippen molar-refractivity contribution < 1.29 is 14.3 Å². The summed E-state index contributed by atoms with van der Waals surface area (Å²) < 4.78 is 11.2. The number of methoxy groups -OCH3 is 1. The van der Waals surface area contributed by atoms with Crippen molar-refractivity contribution in [3.63, 3.8) is 0 Å². The average Bonchev–Trinajstić information content (AvgIpc) is 2.65. The van der Waals surface area contributed by atoms with E-state index in [2.05, 4.69) is 24.4 Å². The second-order valence-corrected chi connectivity index (χ2v) is 6.80. The molecule has 1 heterocycles. The number of hydrogen-bond donors (Lipinski definition) is 1. The normalized spacial score (nSPS) is 16.4. The molecule has 0 aromatic heterocycles. The summed E-state index contributed by atoms with van der Waals surface area (Å²) in [5.74, 6) is 0.221. The minimum absolute atomic E-state index is 0.215. The van der Waals surface area contributed by atoms with Crippen LogP contribution in [0.15, 0.2) is 71.6 Å². The van der Waals surface area contributed by atoms with Gasteiger partial charge in [-0.05, 0) is 32.4 Å². The van der Waals surface area contributed by atoms with Crippen LogP contribution in [0.2, 0.25) is 0 Å². The number of carbonyl (C=O) groups is 1. The van der Waals surface area contributed by atoms with E-state index in [0.717, 1.165) is 28.3 Å². The maximum absolute atomic E-state index is 12.4. The van der Waals surface area contributed by atoms with Crippen LogP contribution in [0.4, 0.5) is 0 Å². The largest absolute Gasteiger partial charge is 0.489 e. The molecule has 27 heavy (non-hydrogen) atoms. The fraction of sp³-hybridized carbons (Fsp3) is 0.261. The summed E-state index contributed by atoms with van der Waals surface area (Å²) in [4.78, 5) is 12.4. The fourth-order valence-electron chi connectivity index (χ4n) is 3.44. The van der Waals surface area contributed by atoms with Crippen molar-refractivity contribution in [3.8, 4) is 5.75 Å². The molecule has 0 saturated carbocycles. The van der Waals surface area contributed by atoms with E-state index in [1.54, 1.807) is 0 Å². The predicted octanol–water partition coefficient (Wildman–Crippen LogP) is 4.61. The number of allylic oxidation sites excluding steroid dienone is 3. The monoisotopic (exact) mass is 363 g/mol. The van der Waals surface area contributed by atoms with Crippen LogP contribution in [0.5, 0.6) is 5.75 Å². The number of ether oxygens (including phenoxy) is 2. The fourth-order valence-corrected chi connectivity index (χ4v) is 3.44. The highest BCUT2D eigenvalue weighted by atomic mass is 16.5. The summed E-state index contributed by atoms with van der Waals surface area (Å²) >= 11 is 0. The third-order valence-electron chi connectivity index (χ3n) is 4.65. The maximum Gasteiger partial charge on any atom is 0.336 e. The molecule has 1 aliphatic rings. The van der Waals surface area contributed by atoms with Crippen molar-refractivity contribution >= 4 is 5.97 Å². The van der Waals surface area contributed by atoms with E-state index in [9.17, 15) is 4.79 Å². The quantitative estimate of drug-likeness (QED) is 0.788. The number of hydrogen-bond acceptors (Lipinski definition) is 4. The first-order valence-corrected chi connectivity index (χ1v) is 9.01. The lowest BCUT2D eigenvalue weighted by Crippen LogP contribution is -2.25. The maximum atomic E-state index is 12.4. The summed E-state index contributed by atoms with van der Waals surface area (Å²) in [6.45, 7) is 6.42. The van der Waals surface area contributed by atoms with Gasteiger partial charge in [0.2, 0.25) is 0 Å². The van der Waals surface area contributed by atoms with E-state index in [-0.39, 0.29) is 11.9 Å². The van der Waals surface area contributed by atoms with Gasteiger partial charge in [0.25, 0.3) is 0 Å². The standard InChI is InChI=1S/C23H25NO3/c1-15-8-7-9-18(12-15)14-27-21-11-6-5-10-19(21)20-13-16(2)24-17(3)22(20)23(25)26-4/h5-13,20,24H,14H2,1-4H3. The number of nitrogens with one attached hydrogen (secondary N) is 1. The van der Waals surface area contributed by atoms with Gasteiger partial charge < -0.3 is 14.8 Å². The third kappa shape index (κ3) is 4.22. The molecule has 2 aromatic carbocycles. The second kappa shape index (κ2) is 8.12. The highest BCUT2D eigenvalue weighted by Gasteiger charge is 2.29. The van der Waals surface area contributed by atoms with Gasteiger partial charge in [0.1, 0.15) is 12.4 Å². The van der Waals surface area contributed by atoms with Crippen LogP contribution in [0.25, 0.3) is 0 Å². The average molecular weight is 363 g/mol. The van der Waals surface area contributed by atoms with Gasteiger partial charge >= 0.3 is 5.97 Å². The molecule has 0 amide bonds. The zero-order chi connectivity index (χ0) is 19.4. The minimum Gasteiger partial charge on any atom is -0.489 e. The van der Waals surface area contributed by atoms with Crippen molar-refractivity contribution in [3.05, 3.63) is 88.3 Å². The highest BCUT2D eigenvalue weighted by molar-refractivity contribution is 5.92. The first-order valence-electron chi connectivity index (χ1n) is 9.01. The zero-order valence-electron chi connectivity index (χ0n) is 16.2. The molecule has 0 saturated heterocycles. The summed E-state index contributed by atoms with van der Waals surface area (Å²) in [5.41, 5.74) is 5.68. The Morgan fingerprint density at radius 2 is 1.85 bits per heavy atom. The van der Waals surface area contributed by atoms with Crippen molar-refractivity contribution in [1.29, 1.82) is 0 Å². The summed E-state index contributed by atoms with van der Waals surface area (Å²) in [6, 6.07) is 16.1. The highest BCUT2D eigenvalue weighted by Crippen LogP contribution is 2.37. The molecule has 1 aliphatic heterocycles. The molecule has 0 fully saturated rings. The SMILES string of the molecule is COC(=O)C1=C(C)NC(C)=CC1c1ccccc1OCc1cccc(C)c1. The molecule has 140 valence electrons. The van der Waals surface area contributed by atoms with Gasteiger partial charge in [-0.3, -0.25) is 0 Å². The molecule has 1 N–H and O–H groups in total. The van der Waals surface area contributed by atoms with E-state index in [4.69, 9.17) is 9.47 Å². The van der Waals surface area contributed by atoms with Crippen LogP contribution in [0.3, 0.4) is 0 Å². The van der Waals surface area contributed by atoms with E-state index in [1.165, 1.54) is 12.7 Å². The number of rotatable bonds is 5. The molecular formula is C23H25NO3. The molecule has 4 heteroatoms. The Hall–Kier alpha value is -3.01. The van der Waals surface area contributed by atoms with E-state index < -0.39 is 0 Å². The van der Waals surface area contributed by atoms with Gasteiger partial charge in [0.15, 0.2) is 0 Å². The van der Waals surface area contributed by atoms with Gasteiger partial charge in [-0.15, -0.1) is 0 Å². The Kier molecular flexibility index (Phi) is 5.65. The lowest BCUT2D eigenvalue weighted by molar-refractivity contribution is -0.136. The minimum atomic E-state index is -0.331. The van der Waals surface area contributed by atoms with Crippen molar-refractivity contribution in [2.45, 2.75) is 33.3 Å². The predicted molar refractivity (Wildman–Crippen MR) is 106 cm³/mol. The molecule has 1 atom stereocenters. The molecule has 2 aromatic rings. The Labute approximate surface area is 160 Å². The van der Waals surface area contributed by atoms with Crippen LogP contribution in [-0.4, -0.2) is 13.1 Å². The zero-order valence-corrected chi connectivity index (χ0v) is 16.2. The van der Waals surface area contributed by atoms with Crippen LogP contribution in [0.1, 0.15) is 36.5 Å². The Morgan fingerprint density at radius 1 is 1.07 bits per heavy atom. The first kappa shape index (κ1) is 18.8. The van der Waals surface area contributed by atoms with Crippen LogP contribution >= 0.6 is 0 Å². The third-order valence-corrected chi connectivity index (χ3v) is 4.65. The summed E-state index contributed by atoms with van der Waals surface area (Å²) in [6.07, 6.45) is 2.04.